The SMILES string of the molecule is CC(C)c1ccc(CN)[nH]1. The third-order valence-electron chi connectivity index (χ3n) is 1.61. The lowest BCUT2D eigenvalue weighted by Gasteiger charge is -1.98. The molecule has 0 aliphatic heterocycles. The Balaban J connectivity index is 2.78. The van der Waals surface area contributed by atoms with Crippen LogP contribution in [0.5, 0.6) is 0 Å². The van der Waals surface area contributed by atoms with Crippen molar-refractivity contribution in [2.75, 3.05) is 0 Å². The summed E-state index contributed by atoms with van der Waals surface area (Å²) in [6.07, 6.45) is 0. The summed E-state index contributed by atoms with van der Waals surface area (Å²) in [5, 5.41) is 0. The van der Waals surface area contributed by atoms with E-state index in [0.717, 1.165) is 5.69 Å². The van der Waals surface area contributed by atoms with E-state index in [1.165, 1.54) is 5.69 Å². The Morgan fingerprint density at radius 1 is 1.50 bits per heavy atom. The van der Waals surface area contributed by atoms with Crippen LogP contribution in [0.1, 0.15) is 31.2 Å². The Bertz CT molecular complexity index is 201. The fourth-order valence-electron chi connectivity index (χ4n) is 0.915. The lowest BCUT2D eigenvalue weighted by atomic mass is 10.1. The van der Waals surface area contributed by atoms with Crippen LogP contribution >= 0.6 is 0 Å². The van der Waals surface area contributed by atoms with Crippen molar-refractivity contribution in [2.24, 2.45) is 5.73 Å². The Morgan fingerprint density at radius 3 is 2.50 bits per heavy atom. The predicted octanol–water partition coefficient (Wildman–Crippen LogP) is 1.60. The van der Waals surface area contributed by atoms with E-state index in [1.807, 2.05) is 6.07 Å². The molecule has 0 aliphatic carbocycles. The minimum Gasteiger partial charge on any atom is -0.361 e. The zero-order valence-corrected chi connectivity index (χ0v) is 6.52. The van der Waals surface area contributed by atoms with Gasteiger partial charge in [0.25, 0.3) is 0 Å². The quantitative estimate of drug-likeness (QED) is 0.640. The largest absolute Gasteiger partial charge is 0.361 e. The molecular formula is C8H14N2. The van der Waals surface area contributed by atoms with E-state index in [2.05, 4.69) is 24.9 Å². The zero-order valence-electron chi connectivity index (χ0n) is 6.52. The van der Waals surface area contributed by atoms with Crippen molar-refractivity contribution in [3.8, 4) is 0 Å². The van der Waals surface area contributed by atoms with Crippen LogP contribution in [0.4, 0.5) is 0 Å². The molecule has 0 unspecified atom stereocenters. The highest BCUT2D eigenvalue weighted by molar-refractivity contribution is 5.15. The Kier molecular flexibility index (Phi) is 2.12. The van der Waals surface area contributed by atoms with Crippen LogP contribution < -0.4 is 5.73 Å². The van der Waals surface area contributed by atoms with Crippen LogP contribution in [0.15, 0.2) is 12.1 Å². The molecule has 2 nitrogen and oxygen atoms in total. The second kappa shape index (κ2) is 2.88. The van der Waals surface area contributed by atoms with Crippen molar-refractivity contribution >= 4 is 0 Å². The van der Waals surface area contributed by atoms with Crippen LogP contribution in [-0.4, -0.2) is 4.98 Å². The van der Waals surface area contributed by atoms with Crippen molar-refractivity contribution in [1.29, 1.82) is 0 Å². The van der Waals surface area contributed by atoms with Gasteiger partial charge in [-0.3, -0.25) is 0 Å². The maximum absolute atomic E-state index is 5.43. The van der Waals surface area contributed by atoms with Crippen molar-refractivity contribution in [1.82, 2.24) is 4.98 Å². The highest BCUT2D eigenvalue weighted by atomic mass is 14.8. The van der Waals surface area contributed by atoms with Gasteiger partial charge in [0.05, 0.1) is 0 Å². The maximum atomic E-state index is 5.43. The summed E-state index contributed by atoms with van der Waals surface area (Å²) in [5.74, 6) is 0.570. The van der Waals surface area contributed by atoms with E-state index in [9.17, 15) is 0 Å². The predicted molar refractivity (Wildman–Crippen MR) is 42.8 cm³/mol. The lowest BCUT2D eigenvalue weighted by Crippen LogP contribution is -1.96. The smallest absolute Gasteiger partial charge is 0.0332 e. The van der Waals surface area contributed by atoms with Crippen LogP contribution in [0.25, 0.3) is 0 Å². The number of aromatic amines is 1. The van der Waals surface area contributed by atoms with E-state index >= 15 is 0 Å². The monoisotopic (exact) mass is 138 g/mol. The first-order valence-corrected chi connectivity index (χ1v) is 3.62. The number of H-pyrrole nitrogens is 1. The van der Waals surface area contributed by atoms with E-state index in [0.29, 0.717) is 12.5 Å². The van der Waals surface area contributed by atoms with E-state index in [1.54, 1.807) is 0 Å². The zero-order chi connectivity index (χ0) is 7.56. The number of rotatable bonds is 2. The summed E-state index contributed by atoms with van der Waals surface area (Å²) in [6, 6.07) is 4.13. The molecule has 10 heavy (non-hydrogen) atoms. The van der Waals surface area contributed by atoms with Crippen LogP contribution in [0.3, 0.4) is 0 Å². The van der Waals surface area contributed by atoms with E-state index in [-0.39, 0.29) is 0 Å². The third kappa shape index (κ3) is 1.39. The van der Waals surface area contributed by atoms with E-state index in [4.69, 9.17) is 5.73 Å². The molecule has 0 fully saturated rings. The molecule has 1 rings (SSSR count). The Hall–Kier alpha value is -0.760. The second-order valence-corrected chi connectivity index (χ2v) is 2.80. The van der Waals surface area contributed by atoms with Gasteiger partial charge in [0.2, 0.25) is 0 Å². The topological polar surface area (TPSA) is 41.8 Å². The summed E-state index contributed by atoms with van der Waals surface area (Å²) in [4.78, 5) is 3.24. The molecule has 0 saturated carbocycles. The molecule has 0 aromatic carbocycles. The first-order valence-electron chi connectivity index (χ1n) is 3.62. The molecule has 0 atom stereocenters. The highest BCUT2D eigenvalue weighted by Crippen LogP contribution is 2.12. The standard InChI is InChI=1S/C8H14N2/c1-6(2)8-4-3-7(5-9)10-8/h3-4,6,10H,5,9H2,1-2H3. The molecule has 1 aromatic heterocycles. The van der Waals surface area contributed by atoms with Gasteiger partial charge in [0, 0.05) is 17.9 Å². The van der Waals surface area contributed by atoms with Gasteiger partial charge in [0.1, 0.15) is 0 Å². The molecule has 0 amide bonds. The molecule has 0 radical (unpaired) electrons. The van der Waals surface area contributed by atoms with Crippen molar-refractivity contribution < 1.29 is 0 Å². The van der Waals surface area contributed by atoms with Gasteiger partial charge in [-0.25, -0.2) is 0 Å². The molecule has 0 saturated heterocycles. The molecule has 0 bridgehead atoms. The normalized spacial score (nSPS) is 10.8. The molecule has 1 aromatic rings. The minimum atomic E-state index is 0.570. The average molecular weight is 138 g/mol. The highest BCUT2D eigenvalue weighted by Gasteiger charge is 1.99. The Labute approximate surface area is 61.4 Å². The first kappa shape index (κ1) is 7.35. The van der Waals surface area contributed by atoms with Gasteiger partial charge in [-0.1, -0.05) is 13.8 Å². The average Bonchev–Trinajstić information content (AvgIpc) is 2.34. The van der Waals surface area contributed by atoms with Gasteiger partial charge in [-0.2, -0.15) is 0 Å². The fraction of sp³-hybridized carbons (Fsp3) is 0.500. The summed E-state index contributed by atoms with van der Waals surface area (Å²) >= 11 is 0. The molecule has 1 heterocycles. The van der Waals surface area contributed by atoms with Gasteiger partial charge < -0.3 is 10.7 Å². The molecule has 2 heteroatoms. The van der Waals surface area contributed by atoms with Crippen LogP contribution in [0, 0.1) is 0 Å². The number of nitrogens with one attached hydrogen (secondary N) is 1. The Morgan fingerprint density at radius 2 is 2.20 bits per heavy atom. The molecule has 0 spiro atoms. The number of hydrogen-bond acceptors (Lipinski definition) is 1. The van der Waals surface area contributed by atoms with Crippen molar-refractivity contribution in [3.05, 3.63) is 23.5 Å². The summed E-state index contributed by atoms with van der Waals surface area (Å²) < 4.78 is 0. The summed E-state index contributed by atoms with van der Waals surface area (Å²) in [6.45, 7) is 4.92. The van der Waals surface area contributed by atoms with Crippen LogP contribution in [-0.2, 0) is 6.54 Å². The molecule has 3 N–H and O–H groups in total. The number of nitrogens with two attached hydrogens (primary N) is 1. The van der Waals surface area contributed by atoms with Gasteiger partial charge in [-0.05, 0) is 18.1 Å². The van der Waals surface area contributed by atoms with Crippen molar-refractivity contribution in [2.45, 2.75) is 26.3 Å². The lowest BCUT2D eigenvalue weighted by molar-refractivity contribution is 0.821. The summed E-state index contributed by atoms with van der Waals surface area (Å²) in [7, 11) is 0. The van der Waals surface area contributed by atoms with Gasteiger partial charge in [0.15, 0.2) is 0 Å². The van der Waals surface area contributed by atoms with E-state index < -0.39 is 0 Å². The first-order chi connectivity index (χ1) is 4.74. The minimum absolute atomic E-state index is 0.570. The maximum Gasteiger partial charge on any atom is 0.0332 e. The van der Waals surface area contributed by atoms with Gasteiger partial charge in [-0.15, -0.1) is 0 Å². The fourth-order valence-corrected chi connectivity index (χ4v) is 0.915. The van der Waals surface area contributed by atoms with Gasteiger partial charge >= 0.3 is 0 Å². The molecule has 56 valence electrons. The second-order valence-electron chi connectivity index (χ2n) is 2.80. The molecule has 0 aliphatic rings. The molecular weight excluding hydrogens is 124 g/mol. The van der Waals surface area contributed by atoms with Crippen molar-refractivity contribution in [3.63, 3.8) is 0 Å². The van der Waals surface area contributed by atoms with Crippen LogP contribution in [0.2, 0.25) is 0 Å². The number of aromatic nitrogens is 1. The number of hydrogen-bond donors (Lipinski definition) is 2. The third-order valence-corrected chi connectivity index (χ3v) is 1.61. The summed E-state index contributed by atoms with van der Waals surface area (Å²) in [5.41, 5.74) is 7.81.